The Hall–Kier alpha value is -0.840. The number of nitrogens with zero attached hydrogens (tertiary/aromatic N) is 3. The predicted octanol–water partition coefficient (Wildman–Crippen LogP) is 3.25. The minimum atomic E-state index is 0. The first-order valence-electron chi connectivity index (χ1n) is 11.1. The summed E-state index contributed by atoms with van der Waals surface area (Å²) in [5.41, 5.74) is 0. The Morgan fingerprint density at radius 3 is 2.50 bits per heavy atom. The normalized spacial score (nSPS) is 17.5. The molecular formula is C22H42IN5O2. The number of nitrogens with one attached hydrogen (secondary N) is 2. The van der Waals surface area contributed by atoms with Crippen LogP contribution in [0.1, 0.15) is 51.2 Å². The van der Waals surface area contributed by atoms with E-state index < -0.39 is 0 Å². The molecule has 0 aromatic carbocycles. The number of guanidine groups is 1. The highest BCUT2D eigenvalue weighted by Crippen LogP contribution is 2.23. The van der Waals surface area contributed by atoms with E-state index in [1.165, 1.54) is 6.42 Å². The molecule has 1 aliphatic rings. The predicted molar refractivity (Wildman–Crippen MR) is 135 cm³/mol. The lowest BCUT2D eigenvalue weighted by Gasteiger charge is -2.33. The summed E-state index contributed by atoms with van der Waals surface area (Å²) in [6.07, 6.45) is 2.32. The van der Waals surface area contributed by atoms with Gasteiger partial charge in [-0.05, 0) is 58.5 Å². The number of halogens is 1. The van der Waals surface area contributed by atoms with E-state index >= 15 is 0 Å². The maximum absolute atomic E-state index is 5.96. The van der Waals surface area contributed by atoms with Gasteiger partial charge in [-0.1, -0.05) is 13.8 Å². The molecule has 2 atom stereocenters. The van der Waals surface area contributed by atoms with Gasteiger partial charge in [-0.3, -0.25) is 9.89 Å². The lowest BCUT2D eigenvalue weighted by atomic mass is 10.1. The maximum atomic E-state index is 5.96. The van der Waals surface area contributed by atoms with Crippen molar-refractivity contribution in [3.63, 3.8) is 0 Å². The van der Waals surface area contributed by atoms with Crippen molar-refractivity contribution in [1.29, 1.82) is 0 Å². The summed E-state index contributed by atoms with van der Waals surface area (Å²) < 4.78 is 11.5. The Balaban J connectivity index is 0.00000450. The van der Waals surface area contributed by atoms with Gasteiger partial charge in [-0.2, -0.15) is 0 Å². The SMILES string of the molecule is CCN(CC)CCCC(C)NC(=NC)NCC(c1ccc(C)o1)N1CCOCC1.I. The fraction of sp³-hybridized carbons (Fsp3) is 0.773. The molecule has 7 nitrogen and oxygen atoms in total. The van der Waals surface area contributed by atoms with Crippen molar-refractivity contribution in [2.24, 2.45) is 4.99 Å². The second-order valence-electron chi connectivity index (χ2n) is 7.78. The van der Waals surface area contributed by atoms with Gasteiger partial charge in [0.15, 0.2) is 5.96 Å². The van der Waals surface area contributed by atoms with Crippen LogP contribution in [0.4, 0.5) is 0 Å². The number of furan rings is 1. The average molecular weight is 536 g/mol. The minimum Gasteiger partial charge on any atom is -0.465 e. The molecule has 2 rings (SSSR count). The molecule has 2 heterocycles. The molecule has 1 fully saturated rings. The molecule has 0 saturated carbocycles. The van der Waals surface area contributed by atoms with Crippen LogP contribution in [-0.4, -0.2) is 81.3 Å². The van der Waals surface area contributed by atoms with Crippen molar-refractivity contribution in [1.82, 2.24) is 20.4 Å². The molecule has 1 aromatic rings. The number of aryl methyl sites for hydroxylation is 1. The van der Waals surface area contributed by atoms with E-state index in [0.29, 0.717) is 6.04 Å². The third kappa shape index (κ3) is 9.11. The van der Waals surface area contributed by atoms with E-state index in [2.05, 4.69) is 52.3 Å². The fourth-order valence-electron chi connectivity index (χ4n) is 3.79. The van der Waals surface area contributed by atoms with Crippen molar-refractivity contribution >= 4 is 29.9 Å². The molecule has 0 amide bonds. The standard InChI is InChI=1S/C22H41N5O2.HI/c1-6-26(7-2)12-8-9-18(3)25-22(23-5)24-17-20(21-11-10-19(4)29-21)27-13-15-28-16-14-27;/h10-11,18,20H,6-9,12-17H2,1-5H3,(H2,23,24,25);1H. The summed E-state index contributed by atoms with van der Waals surface area (Å²) in [5.74, 6) is 2.80. The molecule has 0 aliphatic carbocycles. The molecule has 2 N–H and O–H groups in total. The highest BCUT2D eigenvalue weighted by molar-refractivity contribution is 14.0. The largest absolute Gasteiger partial charge is 0.465 e. The van der Waals surface area contributed by atoms with Gasteiger partial charge in [0, 0.05) is 32.7 Å². The zero-order valence-corrected chi connectivity index (χ0v) is 21.8. The average Bonchev–Trinajstić information content (AvgIpc) is 3.17. The van der Waals surface area contributed by atoms with Crippen LogP contribution in [0.5, 0.6) is 0 Å². The zero-order valence-electron chi connectivity index (χ0n) is 19.4. The number of hydrogen-bond donors (Lipinski definition) is 2. The monoisotopic (exact) mass is 535 g/mol. The molecular weight excluding hydrogens is 493 g/mol. The molecule has 1 saturated heterocycles. The smallest absolute Gasteiger partial charge is 0.191 e. The summed E-state index contributed by atoms with van der Waals surface area (Å²) in [7, 11) is 1.83. The maximum Gasteiger partial charge on any atom is 0.191 e. The van der Waals surface area contributed by atoms with Crippen LogP contribution >= 0.6 is 24.0 Å². The summed E-state index contributed by atoms with van der Waals surface area (Å²) >= 11 is 0. The fourth-order valence-corrected chi connectivity index (χ4v) is 3.79. The van der Waals surface area contributed by atoms with Gasteiger partial charge < -0.3 is 24.7 Å². The lowest BCUT2D eigenvalue weighted by Crippen LogP contribution is -2.47. The number of rotatable bonds is 11. The van der Waals surface area contributed by atoms with E-state index in [9.17, 15) is 0 Å². The third-order valence-electron chi connectivity index (χ3n) is 5.65. The Labute approximate surface area is 200 Å². The molecule has 2 unspecified atom stereocenters. The quantitative estimate of drug-likeness (QED) is 0.258. The number of aliphatic imine (C=N–C) groups is 1. The zero-order chi connectivity index (χ0) is 21.1. The topological polar surface area (TPSA) is 65.3 Å². The molecule has 1 aliphatic heterocycles. The highest BCUT2D eigenvalue weighted by atomic mass is 127. The first-order chi connectivity index (χ1) is 14.1. The van der Waals surface area contributed by atoms with E-state index in [1.54, 1.807) is 0 Å². The number of ether oxygens (including phenoxy) is 1. The van der Waals surface area contributed by atoms with Crippen LogP contribution in [0.25, 0.3) is 0 Å². The van der Waals surface area contributed by atoms with Gasteiger partial charge in [0.25, 0.3) is 0 Å². The van der Waals surface area contributed by atoms with Gasteiger partial charge in [0.2, 0.25) is 0 Å². The van der Waals surface area contributed by atoms with Crippen LogP contribution in [0, 0.1) is 6.92 Å². The van der Waals surface area contributed by atoms with E-state index in [0.717, 1.165) is 76.4 Å². The first kappa shape index (κ1) is 27.2. The molecule has 0 spiro atoms. The molecule has 0 radical (unpaired) electrons. The summed E-state index contributed by atoms with van der Waals surface area (Å²) in [6.45, 7) is 16.2. The molecule has 174 valence electrons. The van der Waals surface area contributed by atoms with Crippen molar-refractivity contribution in [3.8, 4) is 0 Å². The molecule has 1 aromatic heterocycles. The second-order valence-corrected chi connectivity index (χ2v) is 7.78. The first-order valence-corrected chi connectivity index (χ1v) is 11.1. The van der Waals surface area contributed by atoms with E-state index in [-0.39, 0.29) is 30.0 Å². The Morgan fingerprint density at radius 2 is 1.93 bits per heavy atom. The van der Waals surface area contributed by atoms with Crippen LogP contribution < -0.4 is 10.6 Å². The van der Waals surface area contributed by atoms with Gasteiger partial charge in [-0.25, -0.2) is 0 Å². The number of morpholine rings is 1. The summed E-state index contributed by atoms with van der Waals surface area (Å²) in [4.78, 5) is 9.33. The summed E-state index contributed by atoms with van der Waals surface area (Å²) in [5, 5.41) is 7.05. The van der Waals surface area contributed by atoms with Crippen LogP contribution in [0.3, 0.4) is 0 Å². The Kier molecular flexibility index (Phi) is 13.6. The third-order valence-corrected chi connectivity index (χ3v) is 5.65. The molecule has 8 heteroatoms. The van der Waals surface area contributed by atoms with Crippen LogP contribution in [-0.2, 0) is 4.74 Å². The van der Waals surface area contributed by atoms with Gasteiger partial charge in [-0.15, -0.1) is 24.0 Å². The highest BCUT2D eigenvalue weighted by Gasteiger charge is 2.25. The molecule has 0 bridgehead atoms. The van der Waals surface area contributed by atoms with E-state index in [4.69, 9.17) is 9.15 Å². The van der Waals surface area contributed by atoms with Crippen molar-refractivity contribution in [3.05, 3.63) is 23.7 Å². The van der Waals surface area contributed by atoms with Crippen LogP contribution in [0.2, 0.25) is 0 Å². The van der Waals surface area contributed by atoms with Crippen molar-refractivity contribution in [2.45, 2.75) is 52.6 Å². The van der Waals surface area contributed by atoms with Gasteiger partial charge in [0.1, 0.15) is 11.5 Å². The lowest BCUT2D eigenvalue weighted by molar-refractivity contribution is 0.0124. The van der Waals surface area contributed by atoms with Gasteiger partial charge in [0.05, 0.1) is 19.3 Å². The summed E-state index contributed by atoms with van der Waals surface area (Å²) in [6, 6.07) is 4.67. The van der Waals surface area contributed by atoms with Crippen molar-refractivity contribution < 1.29 is 9.15 Å². The van der Waals surface area contributed by atoms with E-state index in [1.807, 2.05) is 20.0 Å². The Morgan fingerprint density at radius 1 is 1.23 bits per heavy atom. The van der Waals surface area contributed by atoms with Crippen LogP contribution in [0.15, 0.2) is 21.5 Å². The number of hydrogen-bond acceptors (Lipinski definition) is 5. The van der Waals surface area contributed by atoms with Gasteiger partial charge >= 0.3 is 0 Å². The molecule has 30 heavy (non-hydrogen) atoms. The Bertz CT molecular complexity index is 600. The minimum absolute atomic E-state index is 0. The van der Waals surface area contributed by atoms with Crippen molar-refractivity contribution in [2.75, 3.05) is 59.5 Å². The second kappa shape index (κ2) is 15.0.